The molecule has 0 aliphatic rings. The zero-order chi connectivity index (χ0) is 9.94. The largest absolute Gasteiger partial charge is 0.480 e. The van der Waals surface area contributed by atoms with Gasteiger partial charge < -0.3 is 10.4 Å². The summed E-state index contributed by atoms with van der Waals surface area (Å²) in [5.41, 5.74) is 0. The van der Waals surface area contributed by atoms with Crippen LogP contribution in [0.2, 0.25) is 0 Å². The van der Waals surface area contributed by atoms with Gasteiger partial charge in [-0.25, -0.2) is 13.6 Å². The third-order valence-electron chi connectivity index (χ3n) is 1.10. The van der Waals surface area contributed by atoms with E-state index in [-0.39, 0.29) is 0 Å². The summed E-state index contributed by atoms with van der Waals surface area (Å²) in [5.74, 6) is -6.01. The molecule has 0 spiro atoms. The number of aliphatic carboxylic acids is 1. The van der Waals surface area contributed by atoms with E-state index in [1.165, 1.54) is 0 Å². The van der Waals surface area contributed by atoms with E-state index in [1.54, 1.807) is 5.32 Å². The molecule has 1 atom stereocenters. The van der Waals surface area contributed by atoms with Gasteiger partial charge in [-0.2, -0.15) is 0 Å². The van der Waals surface area contributed by atoms with E-state index >= 15 is 0 Å². The first-order valence-corrected chi connectivity index (χ1v) is 3.13. The smallest absolute Gasteiger partial charge is 0.332 e. The van der Waals surface area contributed by atoms with Crippen LogP contribution in [0.5, 0.6) is 0 Å². The summed E-state index contributed by atoms with van der Waals surface area (Å²) >= 11 is 0. The van der Waals surface area contributed by atoms with Gasteiger partial charge in [-0.3, -0.25) is 4.79 Å². The molecule has 0 aliphatic heterocycles. The van der Waals surface area contributed by atoms with Crippen LogP contribution in [0.4, 0.5) is 8.78 Å². The third-order valence-corrected chi connectivity index (χ3v) is 1.10. The molecule has 2 N–H and O–H groups in total. The number of rotatable bonds is 3. The fourth-order valence-corrected chi connectivity index (χ4v) is 0.609. The Labute approximate surface area is 67.6 Å². The Hall–Kier alpha value is -1.20. The molecule has 0 aromatic rings. The van der Waals surface area contributed by atoms with Gasteiger partial charge in [0, 0.05) is 13.8 Å². The summed E-state index contributed by atoms with van der Waals surface area (Å²) in [7, 11) is 0. The highest BCUT2D eigenvalue weighted by molar-refractivity contribution is 5.82. The van der Waals surface area contributed by atoms with Crippen molar-refractivity contribution in [2.75, 3.05) is 0 Å². The van der Waals surface area contributed by atoms with E-state index in [2.05, 4.69) is 0 Å². The van der Waals surface area contributed by atoms with E-state index in [1.807, 2.05) is 0 Å². The first-order chi connectivity index (χ1) is 5.25. The molecule has 0 aromatic heterocycles. The first kappa shape index (κ1) is 10.8. The minimum Gasteiger partial charge on any atom is -0.480 e. The van der Waals surface area contributed by atoms with Crippen molar-refractivity contribution >= 4 is 11.9 Å². The molecule has 0 radical (unpaired) electrons. The van der Waals surface area contributed by atoms with Gasteiger partial charge in [0.1, 0.15) is 0 Å². The second-order valence-corrected chi connectivity index (χ2v) is 2.43. The van der Waals surface area contributed by atoms with Crippen molar-refractivity contribution in [2.24, 2.45) is 0 Å². The first-order valence-electron chi connectivity index (χ1n) is 3.13. The van der Waals surface area contributed by atoms with Crippen molar-refractivity contribution in [3.63, 3.8) is 0 Å². The molecular formula is C6H9F2NO3. The highest BCUT2D eigenvalue weighted by Gasteiger charge is 2.40. The lowest BCUT2D eigenvalue weighted by molar-refractivity contribution is -0.151. The Morgan fingerprint density at radius 1 is 1.50 bits per heavy atom. The predicted octanol–water partition coefficient (Wildman–Crippen LogP) is 0.231. The highest BCUT2D eigenvalue weighted by Crippen LogP contribution is 2.17. The quantitative estimate of drug-likeness (QED) is 0.655. The Bertz CT molecular complexity index is 199. The fourth-order valence-electron chi connectivity index (χ4n) is 0.609. The van der Waals surface area contributed by atoms with Crippen LogP contribution in [0.3, 0.4) is 0 Å². The van der Waals surface area contributed by atoms with Crippen LogP contribution in [0.15, 0.2) is 0 Å². The Morgan fingerprint density at radius 3 is 2.00 bits per heavy atom. The number of nitrogens with one attached hydrogen (secondary N) is 1. The Balaban J connectivity index is 4.46. The topological polar surface area (TPSA) is 66.4 Å². The van der Waals surface area contributed by atoms with Gasteiger partial charge >= 0.3 is 5.97 Å². The van der Waals surface area contributed by atoms with Crippen LogP contribution in [0.1, 0.15) is 13.8 Å². The Kier molecular flexibility index (Phi) is 3.12. The molecular weight excluding hydrogens is 172 g/mol. The maximum absolute atomic E-state index is 12.4. The third kappa shape index (κ3) is 3.27. The van der Waals surface area contributed by atoms with Crippen LogP contribution in [-0.4, -0.2) is 28.9 Å². The van der Waals surface area contributed by atoms with Crippen LogP contribution in [0, 0.1) is 0 Å². The SMILES string of the molecule is CC(=O)N[C@@H](C(=O)O)C(C)(F)F. The number of amides is 1. The normalized spacial score (nSPS) is 13.7. The van der Waals surface area contributed by atoms with Gasteiger partial charge in [-0.1, -0.05) is 0 Å². The van der Waals surface area contributed by atoms with Crippen LogP contribution in [-0.2, 0) is 9.59 Å². The maximum Gasteiger partial charge on any atom is 0.332 e. The van der Waals surface area contributed by atoms with Gasteiger partial charge in [-0.05, 0) is 0 Å². The Morgan fingerprint density at radius 2 is 1.92 bits per heavy atom. The summed E-state index contributed by atoms with van der Waals surface area (Å²) in [6.07, 6.45) is 0. The molecule has 0 aliphatic carbocycles. The lowest BCUT2D eigenvalue weighted by Crippen LogP contribution is -2.50. The number of carboxylic acid groups (broad SMARTS) is 1. The van der Waals surface area contributed by atoms with Crippen molar-refractivity contribution in [1.29, 1.82) is 0 Å². The molecule has 0 heterocycles. The molecule has 0 fully saturated rings. The summed E-state index contributed by atoms with van der Waals surface area (Å²) in [5, 5.41) is 9.89. The maximum atomic E-state index is 12.4. The van der Waals surface area contributed by atoms with Crippen molar-refractivity contribution in [1.82, 2.24) is 5.32 Å². The average molecular weight is 181 g/mol. The standard InChI is InChI=1S/C6H9F2NO3/c1-3(10)9-4(5(11)12)6(2,7)8/h4H,1-2H3,(H,9,10)(H,11,12)/t4-/m0/s1. The number of halogens is 2. The molecule has 4 nitrogen and oxygen atoms in total. The molecule has 12 heavy (non-hydrogen) atoms. The summed E-state index contributed by atoms with van der Waals surface area (Å²) < 4.78 is 24.8. The van der Waals surface area contributed by atoms with E-state index < -0.39 is 23.8 Å². The zero-order valence-corrected chi connectivity index (χ0v) is 6.60. The van der Waals surface area contributed by atoms with Crippen molar-refractivity contribution < 1.29 is 23.5 Å². The van der Waals surface area contributed by atoms with Crippen LogP contribution < -0.4 is 5.32 Å². The van der Waals surface area contributed by atoms with Gasteiger partial charge in [-0.15, -0.1) is 0 Å². The summed E-state index contributed by atoms with van der Waals surface area (Å²) in [6, 6.07) is -2.16. The second kappa shape index (κ2) is 3.46. The molecule has 0 aromatic carbocycles. The minimum atomic E-state index is -3.46. The minimum absolute atomic E-state index is 0.432. The van der Waals surface area contributed by atoms with Gasteiger partial charge in [0.05, 0.1) is 0 Å². The van der Waals surface area contributed by atoms with E-state index in [4.69, 9.17) is 5.11 Å². The van der Waals surface area contributed by atoms with E-state index in [9.17, 15) is 18.4 Å². The van der Waals surface area contributed by atoms with Crippen molar-refractivity contribution in [3.05, 3.63) is 0 Å². The number of hydrogen-bond acceptors (Lipinski definition) is 2. The molecule has 70 valence electrons. The number of carboxylic acids is 1. The molecule has 0 saturated heterocycles. The molecule has 1 amide bonds. The van der Waals surface area contributed by atoms with Crippen LogP contribution >= 0.6 is 0 Å². The van der Waals surface area contributed by atoms with Crippen molar-refractivity contribution in [2.45, 2.75) is 25.8 Å². The van der Waals surface area contributed by atoms with Gasteiger partial charge in [0.25, 0.3) is 5.92 Å². The highest BCUT2D eigenvalue weighted by atomic mass is 19.3. The molecule has 0 saturated carbocycles. The molecule has 0 rings (SSSR count). The summed E-state index contributed by atoms with van der Waals surface area (Å²) in [6.45, 7) is 1.41. The number of alkyl halides is 2. The van der Waals surface area contributed by atoms with E-state index in [0.717, 1.165) is 6.92 Å². The lowest BCUT2D eigenvalue weighted by Gasteiger charge is -2.19. The number of carbonyl (C=O) groups excluding carboxylic acids is 1. The number of carbonyl (C=O) groups is 2. The second-order valence-electron chi connectivity index (χ2n) is 2.43. The van der Waals surface area contributed by atoms with E-state index in [0.29, 0.717) is 6.92 Å². The van der Waals surface area contributed by atoms with Gasteiger partial charge in [0.15, 0.2) is 6.04 Å². The fraction of sp³-hybridized carbons (Fsp3) is 0.667. The average Bonchev–Trinajstić information content (AvgIpc) is 1.79. The monoisotopic (exact) mass is 181 g/mol. The summed E-state index contributed by atoms with van der Waals surface area (Å²) in [4.78, 5) is 20.5. The lowest BCUT2D eigenvalue weighted by atomic mass is 10.2. The van der Waals surface area contributed by atoms with Gasteiger partial charge in [0.2, 0.25) is 5.91 Å². The molecule has 0 bridgehead atoms. The number of hydrogen-bond donors (Lipinski definition) is 2. The van der Waals surface area contributed by atoms with Crippen LogP contribution in [0.25, 0.3) is 0 Å². The molecule has 0 unspecified atom stereocenters. The zero-order valence-electron chi connectivity index (χ0n) is 6.60. The predicted molar refractivity (Wildman–Crippen MR) is 35.9 cm³/mol. The molecule has 6 heteroatoms. The van der Waals surface area contributed by atoms with Crippen molar-refractivity contribution in [3.8, 4) is 0 Å².